The Hall–Kier alpha value is -1.24. The lowest BCUT2D eigenvalue weighted by molar-refractivity contribution is 0.181. The minimum absolute atomic E-state index is 0.188. The number of aromatic nitrogens is 3. The second-order valence-corrected chi connectivity index (χ2v) is 5.62. The smallest absolute Gasteiger partial charge is 0.0700 e. The van der Waals surface area contributed by atoms with E-state index in [0.29, 0.717) is 6.61 Å². The number of hydrogen-bond donors (Lipinski definition) is 1. The van der Waals surface area contributed by atoms with E-state index < -0.39 is 0 Å². The van der Waals surface area contributed by atoms with Crippen molar-refractivity contribution in [2.24, 2.45) is 0 Å². The van der Waals surface area contributed by atoms with Gasteiger partial charge in [0.15, 0.2) is 0 Å². The van der Waals surface area contributed by atoms with Gasteiger partial charge in [0.1, 0.15) is 0 Å². The predicted octanol–water partition coefficient (Wildman–Crippen LogP) is 2.58. The van der Waals surface area contributed by atoms with E-state index in [9.17, 15) is 0 Å². The number of pyridine rings is 1. The Labute approximate surface area is 133 Å². The summed E-state index contributed by atoms with van der Waals surface area (Å²) in [5.74, 6) is 0. The van der Waals surface area contributed by atoms with E-state index in [-0.39, 0.29) is 6.04 Å². The average molecular weight is 353 g/mol. The van der Waals surface area contributed by atoms with Gasteiger partial charge < -0.3 is 10.1 Å². The molecule has 0 saturated carbocycles. The SMILES string of the molecule is CCNC(Cc1cccnc1)c1c(Br)cnn1CCOC. The number of rotatable bonds is 8. The number of methoxy groups -OCH3 is 1. The third-order valence-electron chi connectivity index (χ3n) is 3.28. The molecule has 0 aliphatic carbocycles. The topological polar surface area (TPSA) is 52.0 Å². The molecule has 1 atom stereocenters. The van der Waals surface area contributed by atoms with Gasteiger partial charge in [-0.1, -0.05) is 13.0 Å². The summed E-state index contributed by atoms with van der Waals surface area (Å²) in [4.78, 5) is 4.19. The van der Waals surface area contributed by atoms with Crippen LogP contribution in [-0.4, -0.2) is 35.0 Å². The summed E-state index contributed by atoms with van der Waals surface area (Å²) in [5.41, 5.74) is 2.35. The molecule has 0 aliphatic rings. The van der Waals surface area contributed by atoms with Crippen molar-refractivity contribution in [3.05, 3.63) is 46.5 Å². The molecular formula is C15H21BrN4O. The number of hydrogen-bond acceptors (Lipinski definition) is 4. The van der Waals surface area contributed by atoms with Crippen molar-refractivity contribution in [3.8, 4) is 0 Å². The Morgan fingerprint density at radius 2 is 2.29 bits per heavy atom. The summed E-state index contributed by atoms with van der Waals surface area (Å²) >= 11 is 3.61. The molecule has 2 rings (SSSR count). The molecule has 2 heterocycles. The molecule has 0 saturated heterocycles. The van der Waals surface area contributed by atoms with E-state index in [4.69, 9.17) is 4.74 Å². The summed E-state index contributed by atoms with van der Waals surface area (Å²) < 4.78 is 8.18. The van der Waals surface area contributed by atoms with E-state index in [2.05, 4.69) is 44.3 Å². The molecule has 21 heavy (non-hydrogen) atoms. The summed E-state index contributed by atoms with van der Waals surface area (Å²) in [6.07, 6.45) is 6.43. The molecule has 2 aromatic rings. The quantitative estimate of drug-likeness (QED) is 0.793. The van der Waals surface area contributed by atoms with Crippen LogP contribution in [0.5, 0.6) is 0 Å². The highest BCUT2D eigenvalue weighted by Gasteiger charge is 2.19. The zero-order chi connectivity index (χ0) is 15.1. The van der Waals surface area contributed by atoms with Crippen LogP contribution in [0.1, 0.15) is 24.2 Å². The highest BCUT2D eigenvalue weighted by molar-refractivity contribution is 9.10. The zero-order valence-electron chi connectivity index (χ0n) is 12.4. The van der Waals surface area contributed by atoms with Crippen LogP contribution < -0.4 is 5.32 Å². The first-order chi connectivity index (χ1) is 10.3. The summed E-state index contributed by atoms with van der Waals surface area (Å²) in [7, 11) is 1.70. The fourth-order valence-corrected chi connectivity index (χ4v) is 2.91. The van der Waals surface area contributed by atoms with Crippen LogP contribution in [0.15, 0.2) is 35.2 Å². The van der Waals surface area contributed by atoms with Gasteiger partial charge in [0, 0.05) is 19.5 Å². The van der Waals surface area contributed by atoms with E-state index in [1.807, 2.05) is 23.1 Å². The summed E-state index contributed by atoms with van der Waals surface area (Å²) in [6, 6.07) is 4.25. The molecule has 114 valence electrons. The lowest BCUT2D eigenvalue weighted by Crippen LogP contribution is -2.26. The molecule has 0 radical (unpaired) electrons. The first-order valence-electron chi connectivity index (χ1n) is 7.08. The van der Waals surface area contributed by atoms with Gasteiger partial charge in [-0.05, 0) is 40.5 Å². The van der Waals surface area contributed by atoms with Crippen LogP contribution in [-0.2, 0) is 17.7 Å². The minimum atomic E-state index is 0.188. The number of halogens is 1. The highest BCUT2D eigenvalue weighted by atomic mass is 79.9. The predicted molar refractivity (Wildman–Crippen MR) is 86.2 cm³/mol. The first kappa shape index (κ1) is 16.1. The van der Waals surface area contributed by atoms with Crippen LogP contribution >= 0.6 is 15.9 Å². The molecule has 1 N–H and O–H groups in total. The van der Waals surface area contributed by atoms with Gasteiger partial charge >= 0.3 is 0 Å². The van der Waals surface area contributed by atoms with E-state index >= 15 is 0 Å². The van der Waals surface area contributed by atoms with E-state index in [1.165, 1.54) is 5.56 Å². The van der Waals surface area contributed by atoms with Crippen molar-refractivity contribution in [2.75, 3.05) is 20.3 Å². The number of nitrogens with one attached hydrogen (secondary N) is 1. The molecule has 5 nitrogen and oxygen atoms in total. The van der Waals surface area contributed by atoms with Crippen molar-refractivity contribution in [2.45, 2.75) is 25.9 Å². The van der Waals surface area contributed by atoms with Crippen molar-refractivity contribution >= 4 is 15.9 Å². The zero-order valence-corrected chi connectivity index (χ0v) is 14.0. The maximum absolute atomic E-state index is 5.16. The maximum Gasteiger partial charge on any atom is 0.0700 e. The van der Waals surface area contributed by atoms with Gasteiger partial charge in [0.2, 0.25) is 0 Å². The Morgan fingerprint density at radius 1 is 1.43 bits per heavy atom. The average Bonchev–Trinajstić information content (AvgIpc) is 2.86. The first-order valence-corrected chi connectivity index (χ1v) is 7.88. The van der Waals surface area contributed by atoms with E-state index in [1.54, 1.807) is 13.3 Å². The fourth-order valence-electron chi connectivity index (χ4n) is 2.34. The van der Waals surface area contributed by atoms with Gasteiger partial charge in [0.25, 0.3) is 0 Å². The molecule has 0 amide bonds. The Balaban J connectivity index is 2.23. The van der Waals surface area contributed by atoms with Crippen LogP contribution in [0.4, 0.5) is 0 Å². The van der Waals surface area contributed by atoms with Crippen molar-refractivity contribution in [1.82, 2.24) is 20.1 Å². The molecule has 0 bridgehead atoms. The van der Waals surface area contributed by atoms with Gasteiger partial charge in [-0.3, -0.25) is 9.67 Å². The van der Waals surface area contributed by atoms with Crippen LogP contribution in [0.25, 0.3) is 0 Å². The highest BCUT2D eigenvalue weighted by Crippen LogP contribution is 2.26. The molecule has 6 heteroatoms. The number of ether oxygens (including phenoxy) is 1. The maximum atomic E-state index is 5.16. The van der Waals surface area contributed by atoms with Crippen LogP contribution in [0, 0.1) is 0 Å². The second-order valence-electron chi connectivity index (χ2n) is 4.77. The summed E-state index contributed by atoms with van der Waals surface area (Å²) in [5, 5.41) is 7.96. The van der Waals surface area contributed by atoms with Crippen LogP contribution in [0.3, 0.4) is 0 Å². The molecule has 0 aromatic carbocycles. The number of likely N-dealkylation sites (N-methyl/N-ethyl adjacent to an activating group) is 1. The Morgan fingerprint density at radius 3 is 2.95 bits per heavy atom. The molecule has 0 aliphatic heterocycles. The van der Waals surface area contributed by atoms with E-state index in [0.717, 1.165) is 29.7 Å². The third-order valence-corrected chi connectivity index (χ3v) is 3.89. The minimum Gasteiger partial charge on any atom is -0.383 e. The second kappa shape index (κ2) is 8.26. The van der Waals surface area contributed by atoms with Gasteiger partial charge in [0.05, 0.1) is 35.6 Å². The summed E-state index contributed by atoms with van der Waals surface area (Å²) in [6.45, 7) is 4.39. The Kier molecular flexibility index (Phi) is 6.35. The fraction of sp³-hybridized carbons (Fsp3) is 0.467. The lowest BCUT2D eigenvalue weighted by Gasteiger charge is -2.20. The molecule has 0 spiro atoms. The van der Waals surface area contributed by atoms with Crippen molar-refractivity contribution < 1.29 is 4.74 Å². The lowest BCUT2D eigenvalue weighted by atomic mass is 10.0. The van der Waals surface area contributed by atoms with Crippen molar-refractivity contribution in [3.63, 3.8) is 0 Å². The van der Waals surface area contributed by atoms with Gasteiger partial charge in [-0.25, -0.2) is 0 Å². The number of nitrogens with zero attached hydrogens (tertiary/aromatic N) is 3. The normalized spacial score (nSPS) is 12.5. The van der Waals surface area contributed by atoms with Crippen LogP contribution in [0.2, 0.25) is 0 Å². The molecule has 0 fully saturated rings. The molecular weight excluding hydrogens is 332 g/mol. The third kappa shape index (κ3) is 4.36. The van der Waals surface area contributed by atoms with Gasteiger partial charge in [-0.2, -0.15) is 5.10 Å². The van der Waals surface area contributed by atoms with Gasteiger partial charge in [-0.15, -0.1) is 0 Å². The van der Waals surface area contributed by atoms with Crippen molar-refractivity contribution in [1.29, 1.82) is 0 Å². The monoisotopic (exact) mass is 352 g/mol. The Bertz CT molecular complexity index is 544. The molecule has 1 unspecified atom stereocenters. The standard InChI is InChI=1S/C15H21BrN4O/c1-3-18-14(9-12-5-4-6-17-10-12)15-13(16)11-19-20(15)7-8-21-2/h4-6,10-11,14,18H,3,7-9H2,1-2H3. The molecule has 2 aromatic heterocycles. The largest absolute Gasteiger partial charge is 0.383 e.